The molecule has 6 nitrogen and oxygen atoms in total. The van der Waals surface area contributed by atoms with Gasteiger partial charge in [0.25, 0.3) is 0 Å². The van der Waals surface area contributed by atoms with E-state index in [9.17, 15) is 9.59 Å². The lowest BCUT2D eigenvalue weighted by Crippen LogP contribution is -2.30. The van der Waals surface area contributed by atoms with Crippen molar-refractivity contribution in [2.24, 2.45) is 0 Å². The fourth-order valence-electron chi connectivity index (χ4n) is 2.75. The third-order valence-corrected chi connectivity index (χ3v) is 4.12. The van der Waals surface area contributed by atoms with Gasteiger partial charge in [-0.15, -0.1) is 0 Å². The Morgan fingerprint density at radius 1 is 1.16 bits per heavy atom. The smallest absolute Gasteiger partial charge is 0.319 e. The van der Waals surface area contributed by atoms with Gasteiger partial charge in [-0.1, -0.05) is 12.1 Å². The number of nitrogens with one attached hydrogen (secondary N) is 3. The summed E-state index contributed by atoms with van der Waals surface area (Å²) in [5.74, 6) is 0.850. The van der Waals surface area contributed by atoms with Crippen molar-refractivity contribution in [3.63, 3.8) is 0 Å². The van der Waals surface area contributed by atoms with Crippen LogP contribution in [-0.4, -0.2) is 25.6 Å². The van der Waals surface area contributed by atoms with Crippen LogP contribution in [0.1, 0.15) is 17.5 Å². The maximum absolute atomic E-state index is 12.0. The standard InChI is InChI=1S/C19H21N3O3/c1-25-16-6-2-13(3-7-16)10-11-20-19(24)21-15-5-8-17-14(12-15)4-9-18(23)22-17/h2-3,5-8,12H,4,9-11H2,1H3,(H,22,23)(H2,20,21,24). The molecular weight excluding hydrogens is 318 g/mol. The summed E-state index contributed by atoms with van der Waals surface area (Å²) in [6.07, 6.45) is 1.91. The number of urea groups is 1. The molecule has 2 aromatic rings. The number of hydrogen-bond donors (Lipinski definition) is 3. The number of amides is 3. The summed E-state index contributed by atoms with van der Waals surface area (Å²) in [6, 6.07) is 13.0. The van der Waals surface area contributed by atoms with E-state index in [0.29, 0.717) is 19.4 Å². The molecule has 3 amide bonds. The van der Waals surface area contributed by atoms with Crippen molar-refractivity contribution in [1.29, 1.82) is 0 Å². The van der Waals surface area contributed by atoms with E-state index in [0.717, 1.165) is 34.7 Å². The number of benzene rings is 2. The molecule has 0 saturated heterocycles. The Morgan fingerprint density at radius 2 is 1.96 bits per heavy atom. The van der Waals surface area contributed by atoms with Crippen LogP contribution in [0.4, 0.5) is 16.2 Å². The van der Waals surface area contributed by atoms with E-state index in [4.69, 9.17) is 4.74 Å². The lowest BCUT2D eigenvalue weighted by molar-refractivity contribution is -0.116. The van der Waals surface area contributed by atoms with Gasteiger partial charge in [0, 0.05) is 24.3 Å². The predicted molar refractivity (Wildman–Crippen MR) is 97.1 cm³/mol. The highest BCUT2D eigenvalue weighted by atomic mass is 16.5. The van der Waals surface area contributed by atoms with Gasteiger partial charge in [-0.05, 0) is 54.3 Å². The molecule has 0 saturated carbocycles. The average Bonchev–Trinajstić information content (AvgIpc) is 2.62. The summed E-state index contributed by atoms with van der Waals surface area (Å²) in [7, 11) is 1.63. The highest BCUT2D eigenvalue weighted by molar-refractivity contribution is 5.95. The Labute approximate surface area is 146 Å². The first kappa shape index (κ1) is 16.8. The van der Waals surface area contributed by atoms with Crippen LogP contribution < -0.4 is 20.7 Å². The van der Waals surface area contributed by atoms with Crippen LogP contribution in [0.25, 0.3) is 0 Å². The van der Waals surface area contributed by atoms with Crippen LogP contribution in [-0.2, 0) is 17.6 Å². The van der Waals surface area contributed by atoms with Gasteiger partial charge in [0.05, 0.1) is 7.11 Å². The minimum atomic E-state index is -0.242. The van der Waals surface area contributed by atoms with Crippen molar-refractivity contribution in [1.82, 2.24) is 5.32 Å². The van der Waals surface area contributed by atoms with Crippen LogP contribution >= 0.6 is 0 Å². The number of aryl methyl sites for hydroxylation is 1. The van der Waals surface area contributed by atoms with Gasteiger partial charge < -0.3 is 20.7 Å². The van der Waals surface area contributed by atoms with Crippen LogP contribution in [0.2, 0.25) is 0 Å². The fourth-order valence-corrected chi connectivity index (χ4v) is 2.75. The molecule has 3 rings (SSSR count). The maximum atomic E-state index is 12.0. The van der Waals surface area contributed by atoms with Gasteiger partial charge in [-0.25, -0.2) is 4.79 Å². The van der Waals surface area contributed by atoms with Crippen molar-refractivity contribution in [3.8, 4) is 5.75 Å². The zero-order chi connectivity index (χ0) is 17.6. The number of carbonyl (C=O) groups excluding carboxylic acids is 2. The number of rotatable bonds is 5. The molecule has 6 heteroatoms. The molecule has 0 spiro atoms. The van der Waals surface area contributed by atoms with Gasteiger partial charge in [0.2, 0.25) is 5.91 Å². The van der Waals surface area contributed by atoms with Crippen molar-refractivity contribution in [3.05, 3.63) is 53.6 Å². The molecule has 0 bridgehead atoms. The van der Waals surface area contributed by atoms with Gasteiger partial charge in [0.15, 0.2) is 0 Å². The lowest BCUT2D eigenvalue weighted by atomic mass is 10.0. The molecule has 130 valence electrons. The monoisotopic (exact) mass is 339 g/mol. The first-order chi connectivity index (χ1) is 12.1. The Bertz CT molecular complexity index is 772. The molecule has 2 aromatic carbocycles. The second-order valence-corrected chi connectivity index (χ2v) is 5.90. The van der Waals surface area contributed by atoms with Gasteiger partial charge >= 0.3 is 6.03 Å². The van der Waals surface area contributed by atoms with E-state index in [1.54, 1.807) is 13.2 Å². The molecule has 0 fully saturated rings. The summed E-state index contributed by atoms with van der Waals surface area (Å²) in [6.45, 7) is 0.541. The maximum Gasteiger partial charge on any atom is 0.319 e. The summed E-state index contributed by atoms with van der Waals surface area (Å²) in [4.78, 5) is 23.4. The van der Waals surface area contributed by atoms with Crippen molar-refractivity contribution in [2.75, 3.05) is 24.3 Å². The van der Waals surface area contributed by atoms with Crippen LogP contribution in [0, 0.1) is 0 Å². The van der Waals surface area contributed by atoms with E-state index < -0.39 is 0 Å². The average molecular weight is 339 g/mol. The second-order valence-electron chi connectivity index (χ2n) is 5.90. The molecule has 0 aliphatic carbocycles. The van der Waals surface area contributed by atoms with E-state index in [-0.39, 0.29) is 11.9 Å². The minimum absolute atomic E-state index is 0.0319. The molecule has 1 aliphatic rings. The van der Waals surface area contributed by atoms with Gasteiger partial charge in [0.1, 0.15) is 5.75 Å². The fraction of sp³-hybridized carbons (Fsp3) is 0.263. The number of ether oxygens (including phenoxy) is 1. The molecule has 0 unspecified atom stereocenters. The zero-order valence-electron chi connectivity index (χ0n) is 14.1. The normalized spacial score (nSPS) is 12.8. The number of methoxy groups -OCH3 is 1. The first-order valence-electron chi connectivity index (χ1n) is 8.24. The van der Waals surface area contributed by atoms with Crippen molar-refractivity contribution >= 4 is 23.3 Å². The van der Waals surface area contributed by atoms with Crippen molar-refractivity contribution in [2.45, 2.75) is 19.3 Å². The Morgan fingerprint density at radius 3 is 2.72 bits per heavy atom. The third-order valence-electron chi connectivity index (χ3n) is 4.12. The van der Waals surface area contributed by atoms with E-state index in [1.807, 2.05) is 36.4 Å². The van der Waals surface area contributed by atoms with Crippen LogP contribution in [0.3, 0.4) is 0 Å². The largest absolute Gasteiger partial charge is 0.497 e. The molecule has 25 heavy (non-hydrogen) atoms. The van der Waals surface area contributed by atoms with Gasteiger partial charge in [-0.2, -0.15) is 0 Å². The summed E-state index contributed by atoms with van der Waals surface area (Å²) < 4.78 is 5.12. The number of anilines is 2. The molecule has 1 aliphatic heterocycles. The topological polar surface area (TPSA) is 79.5 Å². The van der Waals surface area contributed by atoms with Gasteiger partial charge in [-0.3, -0.25) is 4.79 Å². The molecule has 3 N–H and O–H groups in total. The summed E-state index contributed by atoms with van der Waals surface area (Å²) in [5.41, 5.74) is 3.71. The predicted octanol–water partition coefficient (Wildman–Crippen LogP) is 2.94. The number of hydrogen-bond acceptors (Lipinski definition) is 3. The minimum Gasteiger partial charge on any atom is -0.497 e. The third kappa shape index (κ3) is 4.50. The zero-order valence-corrected chi connectivity index (χ0v) is 14.1. The first-order valence-corrected chi connectivity index (χ1v) is 8.24. The quantitative estimate of drug-likeness (QED) is 0.783. The Hall–Kier alpha value is -3.02. The summed E-state index contributed by atoms with van der Waals surface area (Å²) in [5, 5.41) is 8.49. The van der Waals surface area contributed by atoms with E-state index in [2.05, 4.69) is 16.0 Å². The molecule has 0 aromatic heterocycles. The molecular formula is C19H21N3O3. The molecule has 1 heterocycles. The highest BCUT2D eigenvalue weighted by Crippen LogP contribution is 2.25. The Kier molecular flexibility index (Phi) is 5.18. The van der Waals surface area contributed by atoms with Crippen LogP contribution in [0.5, 0.6) is 5.75 Å². The Balaban J connectivity index is 1.48. The van der Waals surface area contributed by atoms with E-state index >= 15 is 0 Å². The van der Waals surface area contributed by atoms with Crippen molar-refractivity contribution < 1.29 is 14.3 Å². The number of carbonyl (C=O) groups is 2. The lowest BCUT2D eigenvalue weighted by Gasteiger charge is -2.17. The molecule has 0 radical (unpaired) electrons. The highest BCUT2D eigenvalue weighted by Gasteiger charge is 2.15. The van der Waals surface area contributed by atoms with E-state index in [1.165, 1.54) is 0 Å². The molecule has 0 atom stereocenters. The van der Waals surface area contributed by atoms with Crippen LogP contribution in [0.15, 0.2) is 42.5 Å². The second kappa shape index (κ2) is 7.70. The number of fused-ring (bicyclic) bond motifs is 1. The SMILES string of the molecule is COc1ccc(CCNC(=O)Nc2ccc3c(c2)CCC(=O)N3)cc1. The summed E-state index contributed by atoms with van der Waals surface area (Å²) >= 11 is 0.